The minimum Gasteiger partial charge on any atom is -0.347 e. The molecule has 0 saturated carbocycles. The van der Waals surface area contributed by atoms with Gasteiger partial charge in [-0.3, -0.25) is 10.5 Å². The van der Waals surface area contributed by atoms with Gasteiger partial charge in [0.15, 0.2) is 0 Å². The minimum atomic E-state index is -0.0325. The number of nitrogens with two attached hydrogens (primary N) is 1. The van der Waals surface area contributed by atoms with Crippen molar-refractivity contribution in [3.63, 3.8) is 0 Å². The smallest absolute Gasteiger partial charge is 0.124 e. The van der Waals surface area contributed by atoms with Crippen LogP contribution in [0.2, 0.25) is 0 Å². The fourth-order valence-electron chi connectivity index (χ4n) is 1.48. The molecule has 2 heterocycles. The number of hydrogen-bond donors (Lipinski definition) is 3. The van der Waals surface area contributed by atoms with Crippen LogP contribution < -0.4 is 11.3 Å². The molecule has 0 aliphatic carbocycles. The number of imidazole rings is 1. The first-order chi connectivity index (χ1) is 7.29. The van der Waals surface area contributed by atoms with Gasteiger partial charge in [0, 0.05) is 32.1 Å². The third-order valence-electron chi connectivity index (χ3n) is 2.23. The highest BCUT2D eigenvalue weighted by atomic mass is 15.3. The monoisotopic (exact) mass is 206 g/mol. The zero-order valence-electron chi connectivity index (χ0n) is 8.51. The zero-order chi connectivity index (χ0) is 10.7. The molecule has 2 aromatic rings. The predicted molar refractivity (Wildman–Crippen MR) is 55.6 cm³/mol. The molecule has 6 nitrogen and oxygen atoms in total. The average molecular weight is 206 g/mol. The summed E-state index contributed by atoms with van der Waals surface area (Å²) in [6.45, 7) is 0. The lowest BCUT2D eigenvalue weighted by molar-refractivity contribution is 0.518. The van der Waals surface area contributed by atoms with Gasteiger partial charge in [0.05, 0.1) is 11.7 Å². The van der Waals surface area contributed by atoms with Crippen LogP contribution in [-0.2, 0) is 13.5 Å². The van der Waals surface area contributed by atoms with E-state index in [-0.39, 0.29) is 6.04 Å². The standard InChI is InChI=1S/C9H14N6/c1-15-5-2-7(14-15)6-8(13-10)9-11-3-4-12-9/h2-5,8,13H,6,10H2,1H3,(H,11,12). The highest BCUT2D eigenvalue weighted by molar-refractivity contribution is 5.06. The first kappa shape index (κ1) is 9.88. The zero-order valence-corrected chi connectivity index (χ0v) is 8.51. The van der Waals surface area contributed by atoms with Crippen molar-refractivity contribution in [1.82, 2.24) is 25.2 Å². The van der Waals surface area contributed by atoms with E-state index in [0.29, 0.717) is 6.42 Å². The Morgan fingerprint density at radius 1 is 1.67 bits per heavy atom. The van der Waals surface area contributed by atoms with E-state index in [1.807, 2.05) is 19.3 Å². The van der Waals surface area contributed by atoms with E-state index in [4.69, 9.17) is 5.84 Å². The van der Waals surface area contributed by atoms with Crippen LogP contribution in [-0.4, -0.2) is 19.7 Å². The molecular formula is C9H14N6. The number of aromatic amines is 1. The molecule has 0 fully saturated rings. The van der Waals surface area contributed by atoms with Gasteiger partial charge in [-0.15, -0.1) is 0 Å². The van der Waals surface area contributed by atoms with Crippen LogP contribution in [0, 0.1) is 0 Å². The van der Waals surface area contributed by atoms with Crippen LogP contribution in [0.15, 0.2) is 24.7 Å². The fourth-order valence-corrected chi connectivity index (χ4v) is 1.48. The Labute approximate surface area is 87.5 Å². The first-order valence-corrected chi connectivity index (χ1v) is 4.73. The number of nitrogens with zero attached hydrogens (tertiary/aromatic N) is 3. The van der Waals surface area contributed by atoms with E-state index < -0.39 is 0 Å². The van der Waals surface area contributed by atoms with Gasteiger partial charge in [0.2, 0.25) is 0 Å². The van der Waals surface area contributed by atoms with Crippen molar-refractivity contribution in [2.24, 2.45) is 12.9 Å². The quantitative estimate of drug-likeness (QED) is 0.481. The number of aromatic nitrogens is 4. The summed E-state index contributed by atoms with van der Waals surface area (Å²) in [5.41, 5.74) is 3.70. The highest BCUT2D eigenvalue weighted by Gasteiger charge is 2.13. The molecule has 0 aliphatic heterocycles. The van der Waals surface area contributed by atoms with Gasteiger partial charge in [0.1, 0.15) is 5.82 Å². The molecule has 6 heteroatoms. The predicted octanol–water partition coefficient (Wildman–Crippen LogP) is -0.110. The lowest BCUT2D eigenvalue weighted by Crippen LogP contribution is -2.30. The molecule has 0 aliphatic rings. The Morgan fingerprint density at radius 3 is 3.07 bits per heavy atom. The fraction of sp³-hybridized carbons (Fsp3) is 0.333. The van der Waals surface area contributed by atoms with Crippen LogP contribution in [0.1, 0.15) is 17.6 Å². The van der Waals surface area contributed by atoms with E-state index >= 15 is 0 Å². The van der Waals surface area contributed by atoms with E-state index in [1.165, 1.54) is 0 Å². The summed E-state index contributed by atoms with van der Waals surface area (Å²) < 4.78 is 1.77. The number of nitrogens with one attached hydrogen (secondary N) is 2. The van der Waals surface area contributed by atoms with Crippen molar-refractivity contribution in [2.75, 3.05) is 0 Å². The Hall–Kier alpha value is -1.66. The third-order valence-corrected chi connectivity index (χ3v) is 2.23. The van der Waals surface area contributed by atoms with Crippen molar-refractivity contribution >= 4 is 0 Å². The molecule has 15 heavy (non-hydrogen) atoms. The van der Waals surface area contributed by atoms with Gasteiger partial charge in [-0.25, -0.2) is 10.4 Å². The van der Waals surface area contributed by atoms with Crippen molar-refractivity contribution < 1.29 is 0 Å². The van der Waals surface area contributed by atoms with E-state index in [9.17, 15) is 0 Å². The second-order valence-corrected chi connectivity index (χ2v) is 3.38. The van der Waals surface area contributed by atoms with Gasteiger partial charge in [0.25, 0.3) is 0 Å². The lowest BCUT2D eigenvalue weighted by atomic mass is 10.1. The Bertz CT molecular complexity index is 404. The van der Waals surface area contributed by atoms with Crippen molar-refractivity contribution in [1.29, 1.82) is 0 Å². The minimum absolute atomic E-state index is 0.0325. The maximum atomic E-state index is 5.47. The molecule has 1 unspecified atom stereocenters. The summed E-state index contributed by atoms with van der Waals surface area (Å²) in [4.78, 5) is 7.18. The van der Waals surface area contributed by atoms with Crippen molar-refractivity contribution in [3.05, 3.63) is 36.2 Å². The molecule has 0 saturated heterocycles. The van der Waals surface area contributed by atoms with Gasteiger partial charge < -0.3 is 4.98 Å². The number of H-pyrrole nitrogens is 1. The molecule has 0 spiro atoms. The van der Waals surface area contributed by atoms with Gasteiger partial charge in [-0.1, -0.05) is 0 Å². The van der Waals surface area contributed by atoms with E-state index in [1.54, 1.807) is 17.1 Å². The molecule has 2 aromatic heterocycles. The Kier molecular flexibility index (Phi) is 2.79. The second kappa shape index (κ2) is 4.24. The highest BCUT2D eigenvalue weighted by Crippen LogP contribution is 2.12. The summed E-state index contributed by atoms with van der Waals surface area (Å²) in [5.74, 6) is 6.30. The number of hydrazine groups is 1. The summed E-state index contributed by atoms with van der Waals surface area (Å²) >= 11 is 0. The van der Waals surface area contributed by atoms with Gasteiger partial charge in [-0.2, -0.15) is 5.10 Å². The molecule has 1 atom stereocenters. The molecule has 0 radical (unpaired) electrons. The summed E-state index contributed by atoms with van der Waals surface area (Å²) in [6, 6.07) is 1.93. The van der Waals surface area contributed by atoms with Crippen molar-refractivity contribution in [3.8, 4) is 0 Å². The maximum absolute atomic E-state index is 5.47. The average Bonchev–Trinajstić information content (AvgIpc) is 2.85. The molecular weight excluding hydrogens is 192 g/mol. The van der Waals surface area contributed by atoms with Crippen LogP contribution in [0.5, 0.6) is 0 Å². The van der Waals surface area contributed by atoms with E-state index in [2.05, 4.69) is 20.5 Å². The van der Waals surface area contributed by atoms with E-state index in [0.717, 1.165) is 11.5 Å². The van der Waals surface area contributed by atoms with Gasteiger partial charge >= 0.3 is 0 Å². The summed E-state index contributed by atoms with van der Waals surface area (Å²) in [7, 11) is 1.89. The topological polar surface area (TPSA) is 84.5 Å². The van der Waals surface area contributed by atoms with Crippen LogP contribution >= 0.6 is 0 Å². The van der Waals surface area contributed by atoms with Crippen LogP contribution in [0.4, 0.5) is 0 Å². The number of rotatable bonds is 4. The van der Waals surface area contributed by atoms with Crippen LogP contribution in [0.3, 0.4) is 0 Å². The lowest BCUT2D eigenvalue weighted by Gasteiger charge is -2.11. The number of hydrogen-bond acceptors (Lipinski definition) is 4. The normalized spacial score (nSPS) is 12.9. The number of aryl methyl sites for hydroxylation is 1. The molecule has 80 valence electrons. The molecule has 0 aromatic carbocycles. The third kappa shape index (κ3) is 2.23. The second-order valence-electron chi connectivity index (χ2n) is 3.38. The van der Waals surface area contributed by atoms with Gasteiger partial charge in [-0.05, 0) is 6.07 Å². The molecule has 0 bridgehead atoms. The van der Waals surface area contributed by atoms with Crippen molar-refractivity contribution in [2.45, 2.75) is 12.5 Å². The molecule has 4 N–H and O–H groups in total. The maximum Gasteiger partial charge on any atom is 0.124 e. The molecule has 0 amide bonds. The summed E-state index contributed by atoms with van der Waals surface area (Å²) in [5, 5.41) is 4.29. The van der Waals surface area contributed by atoms with Crippen LogP contribution in [0.25, 0.3) is 0 Å². The Morgan fingerprint density at radius 2 is 2.53 bits per heavy atom. The first-order valence-electron chi connectivity index (χ1n) is 4.73. The largest absolute Gasteiger partial charge is 0.347 e. The Balaban J connectivity index is 2.09. The summed E-state index contributed by atoms with van der Waals surface area (Å²) in [6.07, 6.45) is 6.10. The molecule has 2 rings (SSSR count). The SMILES string of the molecule is Cn1ccc(CC(NN)c2ncc[nH]2)n1.